The van der Waals surface area contributed by atoms with E-state index >= 15 is 0 Å². The van der Waals surface area contributed by atoms with Crippen molar-refractivity contribution in [1.82, 2.24) is 5.32 Å². The van der Waals surface area contributed by atoms with Gasteiger partial charge in [-0.2, -0.15) is 10.2 Å². The van der Waals surface area contributed by atoms with E-state index in [1.165, 1.54) is 11.3 Å². The van der Waals surface area contributed by atoms with E-state index in [4.69, 9.17) is 0 Å². The number of hydrogen-bond acceptors (Lipinski definition) is 6. The molecule has 1 atom stereocenters. The number of nitrogens with zero attached hydrogens (tertiary/aromatic N) is 2. The minimum absolute atomic E-state index is 0.206. The summed E-state index contributed by atoms with van der Waals surface area (Å²) < 4.78 is 0. The van der Waals surface area contributed by atoms with Crippen LogP contribution in [0.3, 0.4) is 0 Å². The average molecular weight is 469 g/mol. The molecule has 0 spiro atoms. The maximum absolute atomic E-state index is 13.1. The summed E-state index contributed by atoms with van der Waals surface area (Å²) in [5.41, 5.74) is 4.63. The highest BCUT2D eigenvalue weighted by Gasteiger charge is 2.24. The highest BCUT2D eigenvalue weighted by Crippen LogP contribution is 2.26. The third-order valence-electron chi connectivity index (χ3n) is 5.24. The Bertz CT molecular complexity index is 1320. The van der Waals surface area contributed by atoms with Gasteiger partial charge in [0.05, 0.1) is 16.3 Å². The molecule has 1 aromatic heterocycles. The Balaban J connectivity index is 1.55. The number of benzene rings is 3. The molecule has 0 aliphatic rings. The van der Waals surface area contributed by atoms with Crippen LogP contribution in [0.1, 0.15) is 31.2 Å². The Kier molecular flexibility index (Phi) is 7.25. The number of amides is 1. The fourth-order valence-electron chi connectivity index (χ4n) is 3.35. The number of rotatable bonds is 8. The monoisotopic (exact) mass is 468 g/mol. The molecule has 34 heavy (non-hydrogen) atoms. The van der Waals surface area contributed by atoms with Crippen LogP contribution < -0.4 is 10.6 Å². The number of carbonyl (C=O) groups excluding carboxylic acids is 2. The number of aryl methyl sites for hydroxylation is 2. The van der Waals surface area contributed by atoms with Crippen LogP contribution in [0.2, 0.25) is 0 Å². The molecule has 0 radical (unpaired) electrons. The van der Waals surface area contributed by atoms with Crippen molar-refractivity contribution in [3.8, 4) is 0 Å². The van der Waals surface area contributed by atoms with Gasteiger partial charge in [-0.15, -0.1) is 11.3 Å². The van der Waals surface area contributed by atoms with Gasteiger partial charge in [0.15, 0.2) is 6.17 Å². The fraction of sp³-hybridized carbons (Fsp3) is 0.111. The van der Waals surface area contributed by atoms with E-state index in [0.29, 0.717) is 16.1 Å². The lowest BCUT2D eigenvalue weighted by Gasteiger charge is -2.21. The van der Waals surface area contributed by atoms with Gasteiger partial charge in [0.2, 0.25) is 5.78 Å². The number of anilines is 1. The SMILES string of the molecule is Cc1ccccc1N=Nc1ccc(NC(NC(=O)c2ccccc2)C(=O)c2cccs2)c(C)c1. The predicted octanol–water partition coefficient (Wildman–Crippen LogP) is 6.83. The summed E-state index contributed by atoms with van der Waals surface area (Å²) in [6, 6.07) is 25.7. The van der Waals surface area contributed by atoms with E-state index in [9.17, 15) is 9.59 Å². The summed E-state index contributed by atoms with van der Waals surface area (Å²) in [5.74, 6) is -0.536. The molecule has 1 unspecified atom stereocenters. The molecule has 0 saturated heterocycles. The molecular formula is C27H24N4O2S. The lowest BCUT2D eigenvalue weighted by atomic mass is 10.1. The first-order chi connectivity index (χ1) is 16.5. The normalized spacial score (nSPS) is 11.8. The molecule has 6 nitrogen and oxygen atoms in total. The van der Waals surface area contributed by atoms with Gasteiger partial charge < -0.3 is 10.6 Å². The van der Waals surface area contributed by atoms with E-state index in [0.717, 1.165) is 22.5 Å². The molecule has 3 aromatic carbocycles. The van der Waals surface area contributed by atoms with E-state index in [1.807, 2.05) is 73.8 Å². The van der Waals surface area contributed by atoms with Crippen molar-refractivity contribution in [3.05, 3.63) is 112 Å². The summed E-state index contributed by atoms with van der Waals surface area (Å²) >= 11 is 1.34. The van der Waals surface area contributed by atoms with Gasteiger partial charge in [-0.25, -0.2) is 0 Å². The van der Waals surface area contributed by atoms with Crippen molar-refractivity contribution in [3.63, 3.8) is 0 Å². The molecule has 0 fully saturated rings. The second-order valence-corrected chi connectivity index (χ2v) is 8.69. The first-order valence-electron chi connectivity index (χ1n) is 10.8. The third-order valence-corrected chi connectivity index (χ3v) is 6.12. The van der Waals surface area contributed by atoms with Crippen molar-refractivity contribution in [2.45, 2.75) is 20.0 Å². The maximum Gasteiger partial charge on any atom is 0.253 e. The molecule has 0 aliphatic carbocycles. The van der Waals surface area contributed by atoms with Gasteiger partial charge in [-0.05, 0) is 72.8 Å². The quantitative estimate of drug-likeness (QED) is 0.169. The zero-order valence-corrected chi connectivity index (χ0v) is 19.7. The average Bonchev–Trinajstić information content (AvgIpc) is 3.39. The van der Waals surface area contributed by atoms with Crippen LogP contribution in [0.5, 0.6) is 0 Å². The van der Waals surface area contributed by atoms with Gasteiger partial charge in [0, 0.05) is 11.3 Å². The van der Waals surface area contributed by atoms with Gasteiger partial charge in [0.1, 0.15) is 0 Å². The third kappa shape index (κ3) is 5.63. The molecule has 2 N–H and O–H groups in total. The Morgan fingerprint density at radius 3 is 2.29 bits per heavy atom. The number of ketones is 1. The Morgan fingerprint density at radius 2 is 1.59 bits per heavy atom. The van der Waals surface area contributed by atoms with Crippen LogP contribution in [0.4, 0.5) is 17.1 Å². The van der Waals surface area contributed by atoms with E-state index < -0.39 is 6.17 Å². The van der Waals surface area contributed by atoms with E-state index in [-0.39, 0.29) is 11.7 Å². The Morgan fingerprint density at radius 1 is 0.824 bits per heavy atom. The Hall–Kier alpha value is -4.10. The van der Waals surface area contributed by atoms with Gasteiger partial charge in [0.25, 0.3) is 5.91 Å². The number of nitrogens with one attached hydrogen (secondary N) is 2. The first kappa shape index (κ1) is 23.1. The molecule has 4 aromatic rings. The highest BCUT2D eigenvalue weighted by molar-refractivity contribution is 7.12. The molecule has 0 saturated carbocycles. The lowest BCUT2D eigenvalue weighted by Crippen LogP contribution is -2.46. The van der Waals surface area contributed by atoms with Crippen molar-refractivity contribution in [2.24, 2.45) is 10.2 Å². The smallest absolute Gasteiger partial charge is 0.253 e. The van der Waals surface area contributed by atoms with Crippen molar-refractivity contribution in [1.29, 1.82) is 0 Å². The van der Waals surface area contributed by atoms with Crippen molar-refractivity contribution in [2.75, 3.05) is 5.32 Å². The number of carbonyl (C=O) groups is 2. The van der Waals surface area contributed by atoms with Gasteiger partial charge >= 0.3 is 0 Å². The summed E-state index contributed by atoms with van der Waals surface area (Å²) in [7, 11) is 0. The standard InChI is InChI=1S/C27H24N4O2S/c1-18-9-6-7-12-23(18)31-30-21-14-15-22(19(2)17-21)28-26(25(32)24-13-8-16-34-24)29-27(33)20-10-4-3-5-11-20/h3-17,26,28H,1-2H3,(H,29,33). The molecular weight excluding hydrogens is 444 g/mol. The summed E-state index contributed by atoms with van der Waals surface area (Å²) in [4.78, 5) is 26.5. The van der Waals surface area contributed by atoms with Crippen LogP contribution in [-0.2, 0) is 0 Å². The highest BCUT2D eigenvalue weighted by atomic mass is 32.1. The number of thiophene rings is 1. The largest absolute Gasteiger partial charge is 0.359 e. The van der Waals surface area contributed by atoms with Crippen LogP contribution in [0, 0.1) is 13.8 Å². The van der Waals surface area contributed by atoms with Crippen LogP contribution in [0.25, 0.3) is 0 Å². The zero-order chi connectivity index (χ0) is 23.9. The fourth-order valence-corrected chi connectivity index (χ4v) is 4.04. The predicted molar refractivity (Wildman–Crippen MR) is 137 cm³/mol. The summed E-state index contributed by atoms with van der Waals surface area (Å²) in [5, 5.41) is 16.5. The molecule has 1 amide bonds. The zero-order valence-electron chi connectivity index (χ0n) is 18.9. The molecule has 0 bridgehead atoms. The van der Waals surface area contributed by atoms with Crippen molar-refractivity contribution < 1.29 is 9.59 Å². The summed E-state index contributed by atoms with van der Waals surface area (Å²) in [6.45, 7) is 3.90. The lowest BCUT2D eigenvalue weighted by molar-refractivity contribution is 0.0871. The molecule has 4 rings (SSSR count). The van der Waals surface area contributed by atoms with Crippen LogP contribution >= 0.6 is 11.3 Å². The number of azo groups is 1. The van der Waals surface area contributed by atoms with E-state index in [1.54, 1.807) is 30.3 Å². The molecule has 7 heteroatoms. The van der Waals surface area contributed by atoms with E-state index in [2.05, 4.69) is 20.9 Å². The molecule has 1 heterocycles. The Labute approximate surface area is 202 Å². The van der Waals surface area contributed by atoms with Gasteiger partial charge in [-0.3, -0.25) is 9.59 Å². The van der Waals surface area contributed by atoms with Gasteiger partial charge in [-0.1, -0.05) is 42.5 Å². The number of hydrogen-bond donors (Lipinski definition) is 2. The summed E-state index contributed by atoms with van der Waals surface area (Å²) in [6.07, 6.45) is -0.926. The first-order valence-corrected chi connectivity index (χ1v) is 11.7. The number of Topliss-reactive ketones (excluding diaryl/α,β-unsaturated/α-hetero) is 1. The molecule has 0 aliphatic heterocycles. The van der Waals surface area contributed by atoms with Crippen LogP contribution in [-0.4, -0.2) is 17.9 Å². The van der Waals surface area contributed by atoms with Crippen molar-refractivity contribution >= 4 is 40.1 Å². The topological polar surface area (TPSA) is 82.9 Å². The second kappa shape index (κ2) is 10.7. The molecule has 170 valence electrons. The van der Waals surface area contributed by atoms with Crippen LogP contribution in [0.15, 0.2) is 101 Å². The maximum atomic E-state index is 13.1. The second-order valence-electron chi connectivity index (χ2n) is 7.74. The minimum Gasteiger partial charge on any atom is -0.359 e. The minimum atomic E-state index is -0.926.